The number of aromatic nitrogens is 3. The molecule has 1 atom stereocenters. The Balaban J connectivity index is 1.97. The van der Waals surface area contributed by atoms with E-state index < -0.39 is 5.60 Å². The summed E-state index contributed by atoms with van der Waals surface area (Å²) in [6.45, 7) is 0.524. The molecule has 6 nitrogen and oxygen atoms in total. The highest BCUT2D eigenvalue weighted by Crippen LogP contribution is 2.32. The Kier molecular flexibility index (Phi) is 2.99. The molecule has 2 aromatic heterocycles. The van der Waals surface area contributed by atoms with Crippen molar-refractivity contribution in [3.8, 4) is 5.82 Å². The van der Waals surface area contributed by atoms with E-state index >= 15 is 0 Å². The second-order valence-electron chi connectivity index (χ2n) is 4.83. The summed E-state index contributed by atoms with van der Waals surface area (Å²) in [7, 11) is 1.67. The number of rotatable bonds is 2. The highest BCUT2D eigenvalue weighted by Gasteiger charge is 2.46. The summed E-state index contributed by atoms with van der Waals surface area (Å²) in [5, 5.41) is 15.0. The van der Waals surface area contributed by atoms with Crippen molar-refractivity contribution in [1.82, 2.24) is 19.7 Å². The Labute approximate surface area is 120 Å². The van der Waals surface area contributed by atoms with Crippen LogP contribution in [0.3, 0.4) is 0 Å². The maximum absolute atomic E-state index is 12.0. The molecule has 0 spiro atoms. The lowest BCUT2D eigenvalue weighted by atomic mass is 9.95. The average molecular weight is 293 g/mol. The molecule has 2 aromatic rings. The summed E-state index contributed by atoms with van der Waals surface area (Å²) in [5.41, 5.74) is -1.03. The Hall–Kier alpha value is -1.92. The number of likely N-dealkylation sites (N-methyl/N-ethyl adjacent to an activating group) is 1. The zero-order chi connectivity index (χ0) is 14.3. The normalized spacial score (nSPS) is 22.6. The van der Waals surface area contributed by atoms with Gasteiger partial charge in [-0.15, -0.1) is 0 Å². The first-order chi connectivity index (χ1) is 9.50. The monoisotopic (exact) mass is 292 g/mol. The fourth-order valence-electron chi connectivity index (χ4n) is 2.31. The minimum atomic E-state index is -1.49. The van der Waals surface area contributed by atoms with Gasteiger partial charge in [-0.1, -0.05) is 17.7 Å². The molecule has 0 aliphatic carbocycles. The summed E-state index contributed by atoms with van der Waals surface area (Å²) in [5.74, 6) is 0.224. The molecule has 1 unspecified atom stereocenters. The predicted octanol–water partition coefficient (Wildman–Crippen LogP) is 0.970. The van der Waals surface area contributed by atoms with Crippen LogP contribution in [0.2, 0.25) is 5.15 Å². The van der Waals surface area contributed by atoms with Gasteiger partial charge in [-0.25, -0.2) is 9.67 Å². The molecule has 1 aliphatic heterocycles. The van der Waals surface area contributed by atoms with E-state index in [2.05, 4.69) is 10.1 Å². The second kappa shape index (κ2) is 4.57. The van der Waals surface area contributed by atoms with Crippen molar-refractivity contribution >= 4 is 17.5 Å². The van der Waals surface area contributed by atoms with Crippen LogP contribution in [0.15, 0.2) is 30.6 Å². The van der Waals surface area contributed by atoms with Crippen LogP contribution in [0.4, 0.5) is 0 Å². The van der Waals surface area contributed by atoms with Crippen molar-refractivity contribution in [1.29, 1.82) is 0 Å². The van der Waals surface area contributed by atoms with Crippen LogP contribution < -0.4 is 0 Å². The van der Waals surface area contributed by atoms with Gasteiger partial charge < -0.3 is 10.0 Å². The van der Waals surface area contributed by atoms with E-state index in [0.717, 1.165) is 0 Å². The Morgan fingerprint density at radius 1 is 1.45 bits per heavy atom. The molecule has 20 heavy (non-hydrogen) atoms. The van der Waals surface area contributed by atoms with Gasteiger partial charge in [0.05, 0.1) is 6.20 Å². The lowest BCUT2D eigenvalue weighted by Gasteiger charge is -2.18. The van der Waals surface area contributed by atoms with Crippen LogP contribution in [-0.2, 0) is 10.4 Å². The summed E-state index contributed by atoms with van der Waals surface area (Å²) in [6, 6.07) is 5.17. The van der Waals surface area contributed by atoms with Gasteiger partial charge in [0, 0.05) is 31.8 Å². The van der Waals surface area contributed by atoms with E-state index in [4.69, 9.17) is 11.6 Å². The van der Waals surface area contributed by atoms with Gasteiger partial charge in [0.2, 0.25) is 0 Å². The van der Waals surface area contributed by atoms with Gasteiger partial charge in [-0.3, -0.25) is 4.79 Å². The summed E-state index contributed by atoms with van der Waals surface area (Å²) in [4.78, 5) is 17.7. The first-order valence-electron chi connectivity index (χ1n) is 6.17. The van der Waals surface area contributed by atoms with E-state index in [1.165, 1.54) is 15.8 Å². The Morgan fingerprint density at radius 2 is 2.25 bits per heavy atom. The van der Waals surface area contributed by atoms with Crippen LogP contribution in [-0.4, -0.2) is 44.3 Å². The number of nitrogens with zero attached hydrogens (tertiary/aromatic N) is 4. The minimum absolute atomic E-state index is 0.309. The number of hydrogen-bond acceptors (Lipinski definition) is 4. The maximum Gasteiger partial charge on any atom is 0.259 e. The summed E-state index contributed by atoms with van der Waals surface area (Å²) >= 11 is 5.84. The average Bonchev–Trinajstić information content (AvgIpc) is 3.02. The van der Waals surface area contributed by atoms with Gasteiger partial charge in [0.1, 0.15) is 5.15 Å². The van der Waals surface area contributed by atoms with Crippen molar-refractivity contribution in [2.75, 3.05) is 13.6 Å². The summed E-state index contributed by atoms with van der Waals surface area (Å²) in [6.07, 6.45) is 3.45. The van der Waals surface area contributed by atoms with E-state index in [1.54, 1.807) is 31.4 Å². The molecule has 1 N–H and O–H groups in total. The van der Waals surface area contributed by atoms with E-state index in [-0.39, 0.29) is 5.91 Å². The van der Waals surface area contributed by atoms with Crippen molar-refractivity contribution in [3.05, 3.63) is 41.3 Å². The van der Waals surface area contributed by atoms with Crippen molar-refractivity contribution in [2.45, 2.75) is 12.0 Å². The standard InChI is InChI=1S/C13H13ClN4O2/c1-17-6-5-13(20,12(17)19)9-7-15-18(8-9)11-4-2-3-10(14)16-11/h2-4,7-8,20H,5-6H2,1H3. The molecule has 3 heterocycles. The molecule has 1 amide bonds. The van der Waals surface area contributed by atoms with Gasteiger partial charge in [-0.05, 0) is 12.1 Å². The molecule has 0 radical (unpaired) electrons. The van der Waals surface area contributed by atoms with E-state index in [0.29, 0.717) is 29.5 Å². The second-order valence-corrected chi connectivity index (χ2v) is 5.22. The number of carbonyl (C=O) groups is 1. The first-order valence-corrected chi connectivity index (χ1v) is 6.54. The number of likely N-dealkylation sites (tertiary alicyclic amines) is 1. The fraction of sp³-hybridized carbons (Fsp3) is 0.308. The lowest BCUT2D eigenvalue weighted by Crippen LogP contribution is -2.35. The van der Waals surface area contributed by atoms with E-state index in [1.807, 2.05) is 0 Å². The van der Waals surface area contributed by atoms with Crippen LogP contribution in [0.1, 0.15) is 12.0 Å². The van der Waals surface area contributed by atoms with Gasteiger partial charge in [0.15, 0.2) is 11.4 Å². The third kappa shape index (κ3) is 1.97. The molecule has 1 saturated heterocycles. The highest BCUT2D eigenvalue weighted by molar-refractivity contribution is 6.29. The molecule has 104 valence electrons. The largest absolute Gasteiger partial charge is 0.375 e. The molecule has 1 fully saturated rings. The van der Waals surface area contributed by atoms with Gasteiger partial charge in [0.25, 0.3) is 5.91 Å². The summed E-state index contributed by atoms with van der Waals surface area (Å²) < 4.78 is 1.49. The van der Waals surface area contributed by atoms with Gasteiger partial charge in [-0.2, -0.15) is 5.10 Å². The van der Waals surface area contributed by atoms with Crippen LogP contribution in [0.5, 0.6) is 0 Å². The number of amides is 1. The molecule has 1 aliphatic rings. The number of halogens is 1. The maximum atomic E-state index is 12.0. The molecule has 7 heteroatoms. The number of hydrogen-bond donors (Lipinski definition) is 1. The molecular formula is C13H13ClN4O2. The first kappa shape index (κ1) is 13.1. The van der Waals surface area contributed by atoms with Crippen LogP contribution in [0, 0.1) is 0 Å². The van der Waals surface area contributed by atoms with Crippen molar-refractivity contribution in [3.63, 3.8) is 0 Å². The van der Waals surface area contributed by atoms with Crippen molar-refractivity contribution in [2.24, 2.45) is 0 Å². The van der Waals surface area contributed by atoms with Crippen LogP contribution in [0.25, 0.3) is 5.82 Å². The highest BCUT2D eigenvalue weighted by atomic mass is 35.5. The molecule has 0 saturated carbocycles. The number of pyridine rings is 1. The Bertz CT molecular complexity index is 672. The zero-order valence-electron chi connectivity index (χ0n) is 10.8. The van der Waals surface area contributed by atoms with Crippen molar-refractivity contribution < 1.29 is 9.90 Å². The van der Waals surface area contributed by atoms with Crippen LogP contribution >= 0.6 is 11.6 Å². The third-order valence-electron chi connectivity index (χ3n) is 3.50. The third-order valence-corrected chi connectivity index (χ3v) is 3.72. The van der Waals surface area contributed by atoms with E-state index in [9.17, 15) is 9.90 Å². The molecule has 0 bridgehead atoms. The zero-order valence-corrected chi connectivity index (χ0v) is 11.6. The van der Waals surface area contributed by atoms with Gasteiger partial charge >= 0.3 is 0 Å². The minimum Gasteiger partial charge on any atom is -0.375 e. The molecule has 3 rings (SSSR count). The molecule has 0 aromatic carbocycles. The number of carbonyl (C=O) groups excluding carboxylic acids is 1. The quantitative estimate of drug-likeness (QED) is 0.837. The Morgan fingerprint density at radius 3 is 2.90 bits per heavy atom. The predicted molar refractivity (Wildman–Crippen MR) is 72.5 cm³/mol. The molecular weight excluding hydrogens is 280 g/mol. The lowest BCUT2D eigenvalue weighted by molar-refractivity contribution is -0.143. The smallest absolute Gasteiger partial charge is 0.259 e. The topological polar surface area (TPSA) is 71.2 Å². The SMILES string of the molecule is CN1CCC(O)(c2cnn(-c3cccc(Cl)n3)c2)C1=O. The fourth-order valence-corrected chi connectivity index (χ4v) is 2.47. The number of aliphatic hydroxyl groups is 1.